The monoisotopic (exact) mass is 445 g/mol. The van der Waals surface area contributed by atoms with Crippen molar-refractivity contribution < 1.29 is 5.02 Å². The first-order valence-corrected chi connectivity index (χ1v) is 12.0. The lowest BCUT2D eigenvalue weighted by Gasteiger charge is -2.36. The second-order valence-electron chi connectivity index (χ2n) is 8.85. The van der Waals surface area contributed by atoms with E-state index in [4.69, 9.17) is 0 Å². The number of nitrogens with one attached hydrogen (secondary N) is 2. The number of H-pyrrole nitrogens is 2. The van der Waals surface area contributed by atoms with Crippen molar-refractivity contribution in [1.29, 1.82) is 0 Å². The number of pyridine rings is 2. The summed E-state index contributed by atoms with van der Waals surface area (Å²) in [5.74, 6) is 0. The van der Waals surface area contributed by atoms with Crippen LogP contribution >= 0.6 is 0 Å². The van der Waals surface area contributed by atoms with Crippen molar-refractivity contribution in [2.75, 3.05) is 49.1 Å². The molecule has 3 N–H and O–H groups in total. The first-order chi connectivity index (χ1) is 16.2. The standard InChI is InChI=1S/C12H17BN4O.C12H15N3/c1-13(18)17-7-5-16(6-8-17)11-9-15-12-10(11)3-2-4-14-12;1-2-7-15(8-3-1)11-9-14-12-10(11)5-4-6-13-12/h2-4,9,18H,5-8H2,1H3,(H,14,15);4-6,9H,1-3,7-8H2,(H,13,14). The summed E-state index contributed by atoms with van der Waals surface area (Å²) in [4.78, 5) is 22.0. The van der Waals surface area contributed by atoms with Crippen LogP contribution in [0.3, 0.4) is 0 Å². The lowest BCUT2D eigenvalue weighted by atomic mass is 9.84. The summed E-state index contributed by atoms with van der Waals surface area (Å²) in [6, 6.07) is 8.20. The fraction of sp³-hybridized carbons (Fsp3) is 0.417. The Morgan fingerprint density at radius 1 is 0.758 bits per heavy atom. The highest BCUT2D eigenvalue weighted by molar-refractivity contribution is 6.45. The number of piperazine rings is 1. The topological polar surface area (TPSA) is 87.3 Å². The molecule has 9 heteroatoms. The first-order valence-electron chi connectivity index (χ1n) is 12.0. The zero-order valence-electron chi connectivity index (χ0n) is 19.2. The van der Waals surface area contributed by atoms with Gasteiger partial charge in [0.2, 0.25) is 0 Å². The van der Waals surface area contributed by atoms with Gasteiger partial charge in [-0.1, -0.05) is 0 Å². The lowest BCUT2D eigenvalue weighted by molar-refractivity contribution is 0.345. The Kier molecular flexibility index (Phi) is 6.50. The fourth-order valence-electron chi connectivity index (χ4n) is 4.88. The zero-order valence-corrected chi connectivity index (χ0v) is 19.2. The van der Waals surface area contributed by atoms with E-state index >= 15 is 0 Å². The molecule has 0 radical (unpaired) electrons. The van der Waals surface area contributed by atoms with Gasteiger partial charge in [0, 0.05) is 74.8 Å². The molecule has 0 atom stereocenters. The van der Waals surface area contributed by atoms with Crippen molar-refractivity contribution in [2.45, 2.75) is 26.1 Å². The van der Waals surface area contributed by atoms with Gasteiger partial charge in [0.25, 0.3) is 0 Å². The highest BCUT2D eigenvalue weighted by Crippen LogP contribution is 2.28. The van der Waals surface area contributed by atoms with Gasteiger partial charge in [-0.15, -0.1) is 0 Å². The lowest BCUT2D eigenvalue weighted by Crippen LogP contribution is -2.51. The van der Waals surface area contributed by atoms with Gasteiger partial charge in [-0.2, -0.15) is 0 Å². The summed E-state index contributed by atoms with van der Waals surface area (Å²) in [5.41, 5.74) is 4.46. The number of piperidine rings is 1. The first kappa shape index (κ1) is 21.8. The smallest absolute Gasteiger partial charge is 0.376 e. The molecular weight excluding hydrogens is 413 g/mol. The predicted molar refractivity (Wildman–Crippen MR) is 136 cm³/mol. The zero-order chi connectivity index (χ0) is 22.6. The fourth-order valence-corrected chi connectivity index (χ4v) is 4.88. The number of hydrogen-bond donors (Lipinski definition) is 3. The van der Waals surface area contributed by atoms with Crippen molar-refractivity contribution in [3.05, 3.63) is 49.1 Å². The minimum atomic E-state index is -0.350. The second kappa shape index (κ2) is 9.85. The molecule has 2 saturated heterocycles. The average Bonchev–Trinajstić information content (AvgIpc) is 3.50. The summed E-state index contributed by atoms with van der Waals surface area (Å²) in [5, 5.41) is 12.0. The summed E-state index contributed by atoms with van der Waals surface area (Å²) < 4.78 is 0. The van der Waals surface area contributed by atoms with Crippen LogP contribution in [0.15, 0.2) is 49.1 Å². The van der Waals surface area contributed by atoms with Gasteiger partial charge in [0.1, 0.15) is 11.3 Å². The molecule has 0 saturated carbocycles. The molecule has 6 rings (SSSR count). The third-order valence-electron chi connectivity index (χ3n) is 6.74. The number of hydrogen-bond acceptors (Lipinski definition) is 6. The maximum atomic E-state index is 9.56. The SMILES string of the molecule is CB(O)N1CCN(c2c[nH]c3ncccc23)CC1.c1cnc2[nH]cc(N3CCCCC3)c2c1. The highest BCUT2D eigenvalue weighted by Gasteiger charge is 2.23. The van der Waals surface area contributed by atoms with E-state index in [1.165, 1.54) is 54.5 Å². The van der Waals surface area contributed by atoms with E-state index in [2.05, 4.69) is 52.9 Å². The van der Waals surface area contributed by atoms with Crippen LogP contribution in [-0.2, 0) is 0 Å². The van der Waals surface area contributed by atoms with Gasteiger partial charge in [0.15, 0.2) is 0 Å². The normalized spacial score (nSPS) is 17.3. The molecule has 2 aliphatic heterocycles. The van der Waals surface area contributed by atoms with E-state index in [1.54, 1.807) is 6.20 Å². The predicted octanol–water partition coefficient (Wildman–Crippen LogP) is 3.35. The van der Waals surface area contributed by atoms with Crippen LogP contribution in [0.5, 0.6) is 0 Å². The van der Waals surface area contributed by atoms with E-state index in [1.807, 2.05) is 31.3 Å². The Labute approximate surface area is 194 Å². The minimum absolute atomic E-state index is 0.350. The Morgan fingerprint density at radius 2 is 1.27 bits per heavy atom. The molecule has 0 aliphatic carbocycles. The maximum absolute atomic E-state index is 9.56. The quantitative estimate of drug-likeness (QED) is 0.420. The average molecular weight is 445 g/mol. The molecule has 0 aromatic carbocycles. The summed E-state index contributed by atoms with van der Waals surface area (Å²) >= 11 is 0. The van der Waals surface area contributed by atoms with Gasteiger partial charge >= 0.3 is 7.05 Å². The molecule has 2 fully saturated rings. The van der Waals surface area contributed by atoms with Crippen molar-refractivity contribution in [2.24, 2.45) is 0 Å². The molecule has 172 valence electrons. The molecule has 0 spiro atoms. The van der Waals surface area contributed by atoms with Crippen LogP contribution in [-0.4, -0.2) is 76.1 Å². The molecule has 2 aliphatic rings. The van der Waals surface area contributed by atoms with E-state index in [9.17, 15) is 5.02 Å². The summed E-state index contributed by atoms with van der Waals surface area (Å²) in [6.45, 7) is 7.85. The van der Waals surface area contributed by atoms with E-state index in [0.29, 0.717) is 0 Å². The number of rotatable bonds is 3. The van der Waals surface area contributed by atoms with E-state index in [0.717, 1.165) is 37.5 Å². The molecule has 4 aromatic heterocycles. The van der Waals surface area contributed by atoms with E-state index in [-0.39, 0.29) is 7.05 Å². The number of nitrogens with zero attached hydrogens (tertiary/aromatic N) is 5. The third kappa shape index (κ3) is 4.70. The van der Waals surface area contributed by atoms with Gasteiger partial charge in [-0.25, -0.2) is 9.97 Å². The second-order valence-corrected chi connectivity index (χ2v) is 8.85. The van der Waals surface area contributed by atoms with Gasteiger partial charge in [-0.05, 0) is 50.4 Å². The van der Waals surface area contributed by atoms with Crippen molar-refractivity contribution >= 4 is 40.5 Å². The van der Waals surface area contributed by atoms with Gasteiger partial charge in [-0.3, -0.25) is 0 Å². The Bertz CT molecular complexity index is 1180. The number of fused-ring (bicyclic) bond motifs is 2. The van der Waals surface area contributed by atoms with E-state index < -0.39 is 0 Å². The molecular formula is C24H32BN7O. The third-order valence-corrected chi connectivity index (χ3v) is 6.74. The van der Waals surface area contributed by atoms with Crippen molar-refractivity contribution in [3.63, 3.8) is 0 Å². The largest absolute Gasteiger partial charge is 0.437 e. The van der Waals surface area contributed by atoms with Crippen LogP contribution < -0.4 is 9.80 Å². The summed E-state index contributed by atoms with van der Waals surface area (Å²) in [6.07, 6.45) is 11.7. The molecule has 0 unspecified atom stereocenters. The van der Waals surface area contributed by atoms with Crippen LogP contribution in [0.4, 0.5) is 11.4 Å². The molecule has 0 bridgehead atoms. The molecule has 8 nitrogen and oxygen atoms in total. The summed E-state index contributed by atoms with van der Waals surface area (Å²) in [7, 11) is -0.350. The number of aromatic nitrogens is 4. The Balaban J connectivity index is 0.000000140. The Morgan fingerprint density at radius 3 is 1.79 bits per heavy atom. The molecule has 4 aromatic rings. The number of anilines is 2. The van der Waals surface area contributed by atoms with Crippen molar-refractivity contribution in [3.8, 4) is 0 Å². The molecule has 33 heavy (non-hydrogen) atoms. The van der Waals surface area contributed by atoms with Crippen LogP contribution in [0, 0.1) is 0 Å². The molecule has 6 heterocycles. The van der Waals surface area contributed by atoms with Gasteiger partial charge < -0.3 is 29.6 Å². The Hall–Kier alpha value is -3.04. The van der Waals surface area contributed by atoms with Crippen molar-refractivity contribution in [1.82, 2.24) is 24.7 Å². The molecule has 0 amide bonds. The number of aromatic amines is 2. The van der Waals surface area contributed by atoms with Crippen LogP contribution in [0.1, 0.15) is 19.3 Å². The van der Waals surface area contributed by atoms with Crippen LogP contribution in [0.25, 0.3) is 22.1 Å². The highest BCUT2D eigenvalue weighted by atomic mass is 16.2. The maximum Gasteiger partial charge on any atom is 0.376 e. The minimum Gasteiger partial charge on any atom is -0.437 e. The van der Waals surface area contributed by atoms with Gasteiger partial charge in [0.05, 0.1) is 11.4 Å². The van der Waals surface area contributed by atoms with Crippen LogP contribution in [0.2, 0.25) is 6.82 Å².